The summed E-state index contributed by atoms with van der Waals surface area (Å²) in [5.41, 5.74) is -0.833. The summed E-state index contributed by atoms with van der Waals surface area (Å²) in [7, 11) is -3.62. The van der Waals surface area contributed by atoms with E-state index in [-0.39, 0.29) is 5.41 Å². The molecule has 122 valence electrons. The Labute approximate surface area is 126 Å². The fourth-order valence-corrected chi connectivity index (χ4v) is 3.82. The highest BCUT2D eigenvalue weighted by Gasteiger charge is 2.57. The van der Waals surface area contributed by atoms with Crippen LogP contribution in [0.3, 0.4) is 0 Å². The van der Waals surface area contributed by atoms with Crippen LogP contribution in [0.15, 0.2) is 0 Å². The topological polar surface area (TPSA) is 72.9 Å². The third-order valence-corrected chi connectivity index (χ3v) is 4.57. The van der Waals surface area contributed by atoms with Crippen LogP contribution in [0.2, 0.25) is 0 Å². The minimum atomic E-state index is -3.62. The van der Waals surface area contributed by atoms with E-state index in [1.54, 1.807) is 20.8 Å². The molecule has 0 aromatic carbocycles. The average molecular weight is 319 g/mol. The standard InChI is InChI=1S/C14H25NO5S/c1-13(2,3)19-12(16)15-10-14(8-6-5-7-9-14)11(15)20-21(4,17)18/h11H,5-10H2,1-4H3. The summed E-state index contributed by atoms with van der Waals surface area (Å²) in [6.45, 7) is 5.87. The number of carbonyl (C=O) groups is 1. The predicted octanol–water partition coefficient (Wildman–Crippen LogP) is 2.49. The minimum Gasteiger partial charge on any atom is -0.444 e. The van der Waals surface area contributed by atoms with Gasteiger partial charge < -0.3 is 4.74 Å². The molecule has 1 aliphatic heterocycles. The van der Waals surface area contributed by atoms with Crippen molar-refractivity contribution in [3.63, 3.8) is 0 Å². The Kier molecular flexibility index (Phi) is 4.28. The zero-order chi connectivity index (χ0) is 15.9. The summed E-state index contributed by atoms with van der Waals surface area (Å²) in [5.74, 6) is 0. The molecule has 2 fully saturated rings. The highest BCUT2D eigenvalue weighted by Crippen LogP contribution is 2.50. The van der Waals surface area contributed by atoms with E-state index >= 15 is 0 Å². The first-order valence-corrected chi connectivity index (χ1v) is 9.22. The van der Waals surface area contributed by atoms with E-state index < -0.39 is 28.0 Å². The largest absolute Gasteiger partial charge is 0.444 e. The molecule has 0 bridgehead atoms. The molecule has 2 rings (SSSR count). The van der Waals surface area contributed by atoms with Gasteiger partial charge in [0.15, 0.2) is 6.23 Å². The van der Waals surface area contributed by atoms with Gasteiger partial charge in [0, 0.05) is 12.0 Å². The molecule has 2 aliphatic rings. The van der Waals surface area contributed by atoms with Gasteiger partial charge >= 0.3 is 6.09 Å². The molecule has 0 aromatic rings. The Bertz CT molecular complexity index is 502. The average Bonchev–Trinajstić information content (AvgIpc) is 2.31. The van der Waals surface area contributed by atoms with E-state index in [4.69, 9.17) is 8.92 Å². The fraction of sp³-hybridized carbons (Fsp3) is 0.929. The summed E-state index contributed by atoms with van der Waals surface area (Å²) < 4.78 is 33.6. The van der Waals surface area contributed by atoms with E-state index in [0.29, 0.717) is 6.54 Å². The van der Waals surface area contributed by atoms with Crippen molar-refractivity contribution < 1.29 is 22.1 Å². The number of nitrogens with zero attached hydrogens (tertiary/aromatic N) is 1. The number of carbonyl (C=O) groups excluding carboxylic acids is 1. The number of hydrogen-bond acceptors (Lipinski definition) is 5. The molecule has 1 aliphatic carbocycles. The van der Waals surface area contributed by atoms with Gasteiger partial charge in [0.1, 0.15) is 5.60 Å². The second kappa shape index (κ2) is 5.43. The van der Waals surface area contributed by atoms with Crippen molar-refractivity contribution in [3.8, 4) is 0 Å². The van der Waals surface area contributed by atoms with Crippen LogP contribution in [-0.2, 0) is 19.0 Å². The Morgan fingerprint density at radius 2 is 1.76 bits per heavy atom. The molecule has 1 spiro atoms. The maximum Gasteiger partial charge on any atom is 0.412 e. The van der Waals surface area contributed by atoms with Crippen molar-refractivity contribution in [2.75, 3.05) is 12.8 Å². The number of likely N-dealkylation sites (tertiary alicyclic amines) is 1. The summed E-state index contributed by atoms with van der Waals surface area (Å²) in [6, 6.07) is 0. The second-order valence-electron chi connectivity index (χ2n) is 7.18. The first-order valence-electron chi connectivity index (χ1n) is 7.40. The summed E-state index contributed by atoms with van der Waals surface area (Å²) >= 11 is 0. The molecule has 1 amide bonds. The zero-order valence-corrected chi connectivity index (χ0v) is 14.0. The van der Waals surface area contributed by atoms with Gasteiger partial charge in [-0.3, -0.25) is 4.90 Å². The predicted molar refractivity (Wildman–Crippen MR) is 78.2 cm³/mol. The molecule has 21 heavy (non-hydrogen) atoms. The first-order chi connectivity index (χ1) is 9.53. The smallest absolute Gasteiger partial charge is 0.412 e. The maximum atomic E-state index is 12.2. The molecule has 1 saturated carbocycles. The van der Waals surface area contributed by atoms with Crippen LogP contribution in [0.1, 0.15) is 52.9 Å². The molecule has 7 heteroatoms. The molecular weight excluding hydrogens is 294 g/mol. The van der Waals surface area contributed by atoms with Crippen LogP contribution in [0.25, 0.3) is 0 Å². The van der Waals surface area contributed by atoms with Crippen molar-refractivity contribution in [3.05, 3.63) is 0 Å². The van der Waals surface area contributed by atoms with Gasteiger partial charge in [0.05, 0.1) is 6.26 Å². The second-order valence-corrected chi connectivity index (χ2v) is 8.78. The Hall–Kier alpha value is -0.820. The number of rotatable bonds is 2. The molecular formula is C14H25NO5S. The van der Waals surface area contributed by atoms with Gasteiger partial charge in [-0.2, -0.15) is 8.42 Å². The highest BCUT2D eigenvalue weighted by molar-refractivity contribution is 7.86. The van der Waals surface area contributed by atoms with Crippen molar-refractivity contribution in [1.29, 1.82) is 0 Å². The van der Waals surface area contributed by atoms with E-state index in [0.717, 1.165) is 38.4 Å². The SMILES string of the molecule is CC(C)(C)OC(=O)N1CC2(CCCCC2)C1OS(C)(=O)=O. The van der Waals surface area contributed by atoms with Gasteiger partial charge in [-0.25, -0.2) is 8.98 Å². The van der Waals surface area contributed by atoms with Gasteiger partial charge in [-0.1, -0.05) is 19.3 Å². The van der Waals surface area contributed by atoms with Gasteiger partial charge in [-0.15, -0.1) is 0 Å². The van der Waals surface area contributed by atoms with Crippen LogP contribution in [0.5, 0.6) is 0 Å². The Morgan fingerprint density at radius 1 is 1.19 bits per heavy atom. The molecule has 1 atom stereocenters. The molecule has 0 aromatic heterocycles. The van der Waals surface area contributed by atoms with Crippen molar-refractivity contribution in [1.82, 2.24) is 4.90 Å². The Morgan fingerprint density at radius 3 is 2.24 bits per heavy atom. The lowest BCUT2D eigenvalue weighted by molar-refractivity contribution is -0.178. The van der Waals surface area contributed by atoms with Crippen molar-refractivity contribution in [2.45, 2.75) is 64.7 Å². The third-order valence-electron chi connectivity index (χ3n) is 4.04. The van der Waals surface area contributed by atoms with Crippen LogP contribution in [0, 0.1) is 5.41 Å². The van der Waals surface area contributed by atoms with E-state index in [1.807, 2.05) is 0 Å². The number of ether oxygens (including phenoxy) is 1. The summed E-state index contributed by atoms with van der Waals surface area (Å²) in [6.07, 6.45) is 4.83. The minimum absolute atomic E-state index is 0.224. The zero-order valence-electron chi connectivity index (χ0n) is 13.2. The number of hydrogen-bond donors (Lipinski definition) is 0. The van der Waals surface area contributed by atoms with E-state index in [1.165, 1.54) is 4.90 Å². The number of amides is 1. The van der Waals surface area contributed by atoms with Gasteiger partial charge in [0.25, 0.3) is 10.1 Å². The highest BCUT2D eigenvalue weighted by atomic mass is 32.2. The molecule has 1 unspecified atom stereocenters. The fourth-order valence-electron chi connectivity index (χ4n) is 3.18. The molecule has 6 nitrogen and oxygen atoms in total. The van der Waals surface area contributed by atoms with Crippen LogP contribution in [0.4, 0.5) is 4.79 Å². The van der Waals surface area contributed by atoms with E-state index in [9.17, 15) is 13.2 Å². The molecule has 1 saturated heterocycles. The Balaban J connectivity index is 2.13. The first kappa shape index (κ1) is 16.5. The normalized spacial score (nSPS) is 25.5. The van der Waals surface area contributed by atoms with Gasteiger partial charge in [0.2, 0.25) is 0 Å². The maximum absolute atomic E-state index is 12.2. The van der Waals surface area contributed by atoms with Crippen LogP contribution in [-0.4, -0.2) is 44.0 Å². The molecule has 0 radical (unpaired) electrons. The lowest BCUT2D eigenvalue weighted by Gasteiger charge is -2.57. The summed E-state index contributed by atoms with van der Waals surface area (Å²) in [4.78, 5) is 13.6. The van der Waals surface area contributed by atoms with E-state index in [2.05, 4.69) is 0 Å². The van der Waals surface area contributed by atoms with Gasteiger partial charge in [-0.05, 0) is 33.6 Å². The molecule has 1 heterocycles. The third kappa shape index (κ3) is 3.88. The van der Waals surface area contributed by atoms with Crippen LogP contribution < -0.4 is 0 Å². The van der Waals surface area contributed by atoms with Crippen molar-refractivity contribution >= 4 is 16.2 Å². The quantitative estimate of drug-likeness (QED) is 0.731. The van der Waals surface area contributed by atoms with Crippen LogP contribution >= 0.6 is 0 Å². The molecule has 0 N–H and O–H groups in total. The van der Waals surface area contributed by atoms with Crippen molar-refractivity contribution in [2.24, 2.45) is 5.41 Å². The lowest BCUT2D eigenvalue weighted by atomic mass is 9.67. The monoisotopic (exact) mass is 319 g/mol. The lowest BCUT2D eigenvalue weighted by Crippen LogP contribution is -2.68. The summed E-state index contributed by atoms with van der Waals surface area (Å²) in [5, 5.41) is 0.